The molecule has 0 radical (unpaired) electrons. The lowest BCUT2D eigenvalue weighted by Crippen LogP contribution is -2.16. The zero-order chi connectivity index (χ0) is 10.7. The van der Waals surface area contributed by atoms with E-state index >= 15 is 0 Å². The third-order valence-electron chi connectivity index (χ3n) is 1.99. The molecule has 78 valence electrons. The van der Waals surface area contributed by atoms with Gasteiger partial charge in [0, 0.05) is 37.5 Å². The molecule has 0 spiro atoms. The lowest BCUT2D eigenvalue weighted by molar-refractivity contribution is 0.902. The van der Waals surface area contributed by atoms with Crippen LogP contribution in [0.4, 0.5) is 5.13 Å². The van der Waals surface area contributed by atoms with Crippen molar-refractivity contribution < 1.29 is 0 Å². The summed E-state index contributed by atoms with van der Waals surface area (Å²) in [5.74, 6) is 0.827. The molecule has 0 unspecified atom stereocenters. The summed E-state index contributed by atoms with van der Waals surface area (Å²) in [5.41, 5.74) is 1.17. The molecule has 2 aromatic rings. The molecule has 0 saturated carbocycles. The Hall–Kier alpha value is -1.49. The Bertz CT molecular complexity index is 426. The molecular weight excluding hydrogens is 208 g/mol. The van der Waals surface area contributed by atoms with Crippen molar-refractivity contribution in [2.45, 2.75) is 13.5 Å². The fourth-order valence-corrected chi connectivity index (χ4v) is 1.91. The highest BCUT2D eigenvalue weighted by atomic mass is 32.1. The van der Waals surface area contributed by atoms with Gasteiger partial charge in [-0.2, -0.15) is 4.37 Å². The number of pyridine rings is 1. The van der Waals surface area contributed by atoms with Gasteiger partial charge < -0.3 is 4.90 Å². The molecule has 0 amide bonds. The topological polar surface area (TPSA) is 41.9 Å². The number of anilines is 1. The van der Waals surface area contributed by atoms with Crippen LogP contribution in [0.15, 0.2) is 24.5 Å². The normalized spacial score (nSPS) is 10.3. The lowest BCUT2D eigenvalue weighted by atomic mass is 10.3. The molecule has 0 saturated heterocycles. The van der Waals surface area contributed by atoms with Gasteiger partial charge in [-0.25, -0.2) is 4.98 Å². The van der Waals surface area contributed by atoms with E-state index in [9.17, 15) is 0 Å². The standard InChI is InChI=1S/C10H12N4S/c1-8-12-10(15-13-8)14(2)7-9-4-3-5-11-6-9/h3-6H,7H2,1-2H3. The molecule has 4 nitrogen and oxygen atoms in total. The largest absolute Gasteiger partial charge is 0.346 e. The maximum Gasteiger partial charge on any atom is 0.205 e. The molecule has 0 aliphatic rings. The van der Waals surface area contributed by atoms with Gasteiger partial charge in [0.1, 0.15) is 5.82 Å². The summed E-state index contributed by atoms with van der Waals surface area (Å²) < 4.78 is 4.15. The summed E-state index contributed by atoms with van der Waals surface area (Å²) >= 11 is 1.42. The second-order valence-corrected chi connectivity index (χ2v) is 4.07. The first-order chi connectivity index (χ1) is 7.25. The smallest absolute Gasteiger partial charge is 0.205 e. The fourth-order valence-electron chi connectivity index (χ4n) is 1.27. The first kappa shape index (κ1) is 10.0. The number of nitrogens with zero attached hydrogens (tertiary/aromatic N) is 4. The van der Waals surface area contributed by atoms with Gasteiger partial charge in [-0.1, -0.05) is 6.07 Å². The zero-order valence-electron chi connectivity index (χ0n) is 8.71. The van der Waals surface area contributed by atoms with Gasteiger partial charge in [0.2, 0.25) is 5.13 Å². The number of hydrogen-bond acceptors (Lipinski definition) is 5. The van der Waals surface area contributed by atoms with Crippen molar-refractivity contribution in [1.29, 1.82) is 0 Å². The van der Waals surface area contributed by atoms with Gasteiger partial charge in [-0.15, -0.1) is 0 Å². The second kappa shape index (κ2) is 4.35. The molecule has 2 aromatic heterocycles. The summed E-state index contributed by atoms with van der Waals surface area (Å²) in [6, 6.07) is 3.99. The molecule has 2 heterocycles. The Balaban J connectivity index is 2.07. The van der Waals surface area contributed by atoms with Crippen LogP contribution >= 0.6 is 11.5 Å². The van der Waals surface area contributed by atoms with Crippen LogP contribution < -0.4 is 4.90 Å². The van der Waals surface area contributed by atoms with Crippen molar-refractivity contribution in [3.63, 3.8) is 0 Å². The van der Waals surface area contributed by atoms with Gasteiger partial charge in [0.15, 0.2) is 0 Å². The van der Waals surface area contributed by atoms with Crippen LogP contribution in [0.2, 0.25) is 0 Å². The summed E-state index contributed by atoms with van der Waals surface area (Å²) in [6.07, 6.45) is 3.64. The first-order valence-corrected chi connectivity index (χ1v) is 5.43. The molecule has 5 heteroatoms. The van der Waals surface area contributed by atoms with Crippen molar-refractivity contribution in [2.75, 3.05) is 11.9 Å². The van der Waals surface area contributed by atoms with Crippen LogP contribution in [0.25, 0.3) is 0 Å². The minimum absolute atomic E-state index is 0.808. The maximum atomic E-state index is 4.32. The predicted molar refractivity (Wildman–Crippen MR) is 61.0 cm³/mol. The van der Waals surface area contributed by atoms with E-state index in [-0.39, 0.29) is 0 Å². The number of aromatic nitrogens is 3. The first-order valence-electron chi connectivity index (χ1n) is 4.66. The fraction of sp³-hybridized carbons (Fsp3) is 0.300. The minimum atomic E-state index is 0.808. The van der Waals surface area contributed by atoms with Crippen LogP contribution in [-0.4, -0.2) is 21.4 Å². The van der Waals surface area contributed by atoms with E-state index in [2.05, 4.69) is 25.3 Å². The number of rotatable bonds is 3. The third kappa shape index (κ3) is 2.50. The molecule has 0 atom stereocenters. The van der Waals surface area contributed by atoms with E-state index in [1.165, 1.54) is 17.1 Å². The quantitative estimate of drug-likeness (QED) is 0.792. The van der Waals surface area contributed by atoms with Crippen LogP contribution in [0.1, 0.15) is 11.4 Å². The third-order valence-corrected chi connectivity index (χ3v) is 2.91. The van der Waals surface area contributed by atoms with Crippen molar-refractivity contribution in [3.05, 3.63) is 35.9 Å². The van der Waals surface area contributed by atoms with Gasteiger partial charge in [0.05, 0.1) is 0 Å². The van der Waals surface area contributed by atoms with Gasteiger partial charge in [0.25, 0.3) is 0 Å². The van der Waals surface area contributed by atoms with Crippen LogP contribution in [0, 0.1) is 6.92 Å². The van der Waals surface area contributed by atoms with Gasteiger partial charge >= 0.3 is 0 Å². The van der Waals surface area contributed by atoms with Crippen molar-refractivity contribution in [1.82, 2.24) is 14.3 Å². The summed E-state index contributed by atoms with van der Waals surface area (Å²) in [5, 5.41) is 0.941. The van der Waals surface area contributed by atoms with Crippen molar-refractivity contribution in [2.24, 2.45) is 0 Å². The van der Waals surface area contributed by atoms with Crippen LogP contribution in [-0.2, 0) is 6.54 Å². The number of hydrogen-bond donors (Lipinski definition) is 0. The molecule has 2 rings (SSSR count). The Morgan fingerprint density at radius 1 is 1.47 bits per heavy atom. The van der Waals surface area contributed by atoms with E-state index in [0.29, 0.717) is 0 Å². The SMILES string of the molecule is Cc1nsc(N(C)Cc2cccnc2)n1. The summed E-state index contributed by atoms with van der Waals surface area (Å²) in [6.45, 7) is 2.71. The zero-order valence-corrected chi connectivity index (χ0v) is 9.53. The second-order valence-electron chi connectivity index (χ2n) is 3.34. The highest BCUT2D eigenvalue weighted by Crippen LogP contribution is 2.17. The van der Waals surface area contributed by atoms with Gasteiger partial charge in [-0.05, 0) is 18.6 Å². The van der Waals surface area contributed by atoms with Crippen LogP contribution in [0.3, 0.4) is 0 Å². The molecule has 0 aliphatic heterocycles. The lowest BCUT2D eigenvalue weighted by Gasteiger charge is -2.14. The van der Waals surface area contributed by atoms with Gasteiger partial charge in [-0.3, -0.25) is 4.98 Å². The highest BCUT2D eigenvalue weighted by molar-refractivity contribution is 7.09. The van der Waals surface area contributed by atoms with Crippen molar-refractivity contribution in [3.8, 4) is 0 Å². The van der Waals surface area contributed by atoms with E-state index in [1.807, 2.05) is 26.2 Å². The van der Waals surface area contributed by atoms with Crippen molar-refractivity contribution >= 4 is 16.7 Å². The Morgan fingerprint density at radius 3 is 2.93 bits per heavy atom. The Morgan fingerprint density at radius 2 is 2.33 bits per heavy atom. The van der Waals surface area contributed by atoms with E-state index in [4.69, 9.17) is 0 Å². The molecule has 0 aromatic carbocycles. The molecule has 0 bridgehead atoms. The monoisotopic (exact) mass is 220 g/mol. The average molecular weight is 220 g/mol. The minimum Gasteiger partial charge on any atom is -0.346 e. The molecule has 15 heavy (non-hydrogen) atoms. The Labute approximate surface area is 92.8 Å². The van der Waals surface area contributed by atoms with E-state index in [0.717, 1.165) is 17.5 Å². The average Bonchev–Trinajstić information content (AvgIpc) is 2.66. The number of aryl methyl sites for hydroxylation is 1. The van der Waals surface area contributed by atoms with E-state index < -0.39 is 0 Å². The molecule has 0 aliphatic carbocycles. The summed E-state index contributed by atoms with van der Waals surface area (Å²) in [7, 11) is 2.01. The summed E-state index contributed by atoms with van der Waals surface area (Å²) in [4.78, 5) is 10.5. The van der Waals surface area contributed by atoms with Crippen LogP contribution in [0.5, 0.6) is 0 Å². The molecule has 0 fully saturated rings. The molecule has 0 N–H and O–H groups in total. The highest BCUT2D eigenvalue weighted by Gasteiger charge is 2.06. The Kier molecular flexibility index (Phi) is 2.91. The van der Waals surface area contributed by atoms with E-state index in [1.54, 1.807) is 6.20 Å². The molecular formula is C10H12N4S. The predicted octanol–water partition coefficient (Wildman–Crippen LogP) is 1.88. The maximum absolute atomic E-state index is 4.32.